The highest BCUT2D eigenvalue weighted by atomic mass is 15.2. The average molecular weight is 270 g/mol. The summed E-state index contributed by atoms with van der Waals surface area (Å²) in [6.45, 7) is 3.31. The van der Waals surface area contributed by atoms with Gasteiger partial charge in [0.2, 0.25) is 0 Å². The second kappa shape index (κ2) is 4.86. The van der Waals surface area contributed by atoms with Gasteiger partial charge >= 0.3 is 0 Å². The number of hydrogen-bond donors (Lipinski definition) is 1. The van der Waals surface area contributed by atoms with Crippen molar-refractivity contribution in [1.82, 2.24) is 14.3 Å². The fourth-order valence-corrected chi connectivity index (χ4v) is 4.03. The standard InChI is InChI=1S/C16H22N4/c17-15-5-3-4-12-8-19(11-14(12)15)9-13-10-20-7-2-1-6-16(20)18-13/h1-2,6-7,10,12,14-15H,3-5,8-9,11,17H2. The van der Waals surface area contributed by atoms with E-state index >= 15 is 0 Å². The molecule has 3 unspecified atom stereocenters. The van der Waals surface area contributed by atoms with Crippen molar-refractivity contribution in [1.29, 1.82) is 0 Å². The van der Waals surface area contributed by atoms with E-state index in [0.717, 1.165) is 24.7 Å². The number of imidazole rings is 1. The minimum atomic E-state index is 0.416. The zero-order chi connectivity index (χ0) is 13.5. The first-order valence-electron chi connectivity index (χ1n) is 7.70. The fraction of sp³-hybridized carbons (Fsp3) is 0.562. The van der Waals surface area contributed by atoms with Crippen molar-refractivity contribution < 1.29 is 0 Å². The van der Waals surface area contributed by atoms with Gasteiger partial charge in [0.05, 0.1) is 5.69 Å². The van der Waals surface area contributed by atoms with Crippen LogP contribution in [0.25, 0.3) is 5.65 Å². The molecular weight excluding hydrogens is 248 g/mol. The minimum absolute atomic E-state index is 0.416. The van der Waals surface area contributed by atoms with Gasteiger partial charge in [-0.05, 0) is 36.8 Å². The Balaban J connectivity index is 1.49. The minimum Gasteiger partial charge on any atom is -0.327 e. The SMILES string of the molecule is NC1CCCC2CN(Cc3cn4ccccc4n3)CC12. The molecule has 4 rings (SSSR count). The van der Waals surface area contributed by atoms with Crippen LogP contribution in [-0.2, 0) is 6.54 Å². The molecule has 2 N–H and O–H groups in total. The lowest BCUT2D eigenvalue weighted by molar-refractivity contribution is 0.259. The van der Waals surface area contributed by atoms with Gasteiger partial charge in [-0.1, -0.05) is 12.5 Å². The molecule has 3 atom stereocenters. The first kappa shape index (κ1) is 12.4. The molecule has 106 valence electrons. The van der Waals surface area contributed by atoms with E-state index in [1.54, 1.807) is 0 Å². The van der Waals surface area contributed by atoms with Crippen LogP contribution in [0, 0.1) is 11.8 Å². The maximum Gasteiger partial charge on any atom is 0.137 e. The molecule has 3 heterocycles. The maximum absolute atomic E-state index is 6.29. The van der Waals surface area contributed by atoms with Crippen LogP contribution in [0.2, 0.25) is 0 Å². The monoisotopic (exact) mass is 270 g/mol. The normalized spacial score (nSPS) is 30.8. The van der Waals surface area contributed by atoms with Crippen molar-refractivity contribution in [3.63, 3.8) is 0 Å². The molecule has 0 radical (unpaired) electrons. The van der Waals surface area contributed by atoms with Gasteiger partial charge in [-0.2, -0.15) is 0 Å². The molecule has 1 saturated carbocycles. The van der Waals surface area contributed by atoms with Crippen molar-refractivity contribution in [2.45, 2.75) is 31.8 Å². The van der Waals surface area contributed by atoms with Crippen LogP contribution in [0.4, 0.5) is 0 Å². The molecule has 2 aliphatic rings. The van der Waals surface area contributed by atoms with E-state index in [1.165, 1.54) is 31.5 Å². The Labute approximate surface area is 119 Å². The molecule has 4 nitrogen and oxygen atoms in total. The van der Waals surface area contributed by atoms with Crippen molar-refractivity contribution in [3.8, 4) is 0 Å². The lowest BCUT2D eigenvalue weighted by atomic mass is 9.78. The molecule has 0 aromatic carbocycles. The molecule has 1 saturated heterocycles. The highest BCUT2D eigenvalue weighted by Crippen LogP contribution is 2.35. The Morgan fingerprint density at radius 3 is 3.05 bits per heavy atom. The summed E-state index contributed by atoms with van der Waals surface area (Å²) in [5.41, 5.74) is 8.50. The third-order valence-corrected chi connectivity index (χ3v) is 5.03. The third kappa shape index (κ3) is 2.13. The molecule has 0 amide bonds. The van der Waals surface area contributed by atoms with E-state index in [1.807, 2.05) is 12.1 Å². The van der Waals surface area contributed by atoms with E-state index in [4.69, 9.17) is 10.7 Å². The van der Waals surface area contributed by atoms with Gasteiger partial charge in [0.1, 0.15) is 5.65 Å². The predicted molar refractivity (Wildman–Crippen MR) is 79.3 cm³/mol. The van der Waals surface area contributed by atoms with Gasteiger partial charge in [-0.3, -0.25) is 4.90 Å². The number of fused-ring (bicyclic) bond motifs is 2. The Hall–Kier alpha value is -1.39. The average Bonchev–Trinajstić information content (AvgIpc) is 3.02. The number of hydrogen-bond acceptors (Lipinski definition) is 3. The molecule has 2 aromatic rings. The van der Waals surface area contributed by atoms with Crippen LogP contribution in [0.1, 0.15) is 25.0 Å². The summed E-state index contributed by atoms with van der Waals surface area (Å²) in [6.07, 6.45) is 8.09. The summed E-state index contributed by atoms with van der Waals surface area (Å²) >= 11 is 0. The zero-order valence-electron chi connectivity index (χ0n) is 11.8. The molecular formula is C16H22N4. The summed E-state index contributed by atoms with van der Waals surface area (Å²) in [5, 5.41) is 0. The largest absolute Gasteiger partial charge is 0.327 e. The maximum atomic E-state index is 6.29. The van der Waals surface area contributed by atoms with Crippen LogP contribution in [0.3, 0.4) is 0 Å². The zero-order valence-corrected chi connectivity index (χ0v) is 11.8. The Morgan fingerprint density at radius 2 is 2.20 bits per heavy atom. The third-order valence-electron chi connectivity index (χ3n) is 5.03. The van der Waals surface area contributed by atoms with E-state index in [2.05, 4.69) is 27.8 Å². The van der Waals surface area contributed by atoms with Crippen molar-refractivity contribution >= 4 is 5.65 Å². The van der Waals surface area contributed by atoms with Gasteiger partial charge in [-0.25, -0.2) is 4.98 Å². The number of nitrogens with zero attached hydrogens (tertiary/aromatic N) is 3. The summed E-state index contributed by atoms with van der Waals surface area (Å²) in [6, 6.07) is 6.56. The van der Waals surface area contributed by atoms with Crippen LogP contribution in [0.5, 0.6) is 0 Å². The second-order valence-electron chi connectivity index (χ2n) is 6.41. The van der Waals surface area contributed by atoms with E-state index < -0.39 is 0 Å². The van der Waals surface area contributed by atoms with Crippen molar-refractivity contribution in [2.75, 3.05) is 13.1 Å². The van der Waals surface area contributed by atoms with E-state index in [0.29, 0.717) is 12.0 Å². The number of pyridine rings is 1. The van der Waals surface area contributed by atoms with Crippen molar-refractivity contribution in [2.24, 2.45) is 17.6 Å². The van der Waals surface area contributed by atoms with Crippen LogP contribution >= 0.6 is 0 Å². The smallest absolute Gasteiger partial charge is 0.137 e. The Bertz CT molecular complexity index is 572. The molecule has 0 spiro atoms. The Morgan fingerprint density at radius 1 is 1.25 bits per heavy atom. The fourth-order valence-electron chi connectivity index (χ4n) is 4.03. The molecule has 2 aromatic heterocycles. The van der Waals surface area contributed by atoms with E-state index in [9.17, 15) is 0 Å². The number of aromatic nitrogens is 2. The lowest BCUT2D eigenvalue weighted by Crippen LogP contribution is -2.38. The number of rotatable bonds is 2. The first-order chi connectivity index (χ1) is 9.79. The van der Waals surface area contributed by atoms with Crippen LogP contribution in [-0.4, -0.2) is 33.4 Å². The first-order valence-corrected chi connectivity index (χ1v) is 7.70. The molecule has 20 heavy (non-hydrogen) atoms. The predicted octanol–water partition coefficient (Wildman–Crippen LogP) is 1.89. The van der Waals surface area contributed by atoms with Gasteiger partial charge in [-0.15, -0.1) is 0 Å². The van der Waals surface area contributed by atoms with Crippen molar-refractivity contribution in [3.05, 3.63) is 36.3 Å². The van der Waals surface area contributed by atoms with Crippen LogP contribution in [0.15, 0.2) is 30.6 Å². The summed E-state index contributed by atoms with van der Waals surface area (Å²) in [7, 11) is 0. The highest BCUT2D eigenvalue weighted by molar-refractivity contribution is 5.39. The van der Waals surface area contributed by atoms with Gasteiger partial charge in [0.15, 0.2) is 0 Å². The molecule has 4 heteroatoms. The lowest BCUT2D eigenvalue weighted by Gasteiger charge is -2.29. The number of nitrogens with two attached hydrogens (primary N) is 1. The molecule has 0 bridgehead atoms. The van der Waals surface area contributed by atoms with Gasteiger partial charge < -0.3 is 10.1 Å². The summed E-state index contributed by atoms with van der Waals surface area (Å²) in [4.78, 5) is 7.25. The Kier molecular flexibility index (Phi) is 3.00. The van der Waals surface area contributed by atoms with E-state index in [-0.39, 0.29) is 0 Å². The topological polar surface area (TPSA) is 46.6 Å². The number of likely N-dealkylation sites (tertiary alicyclic amines) is 1. The molecule has 1 aliphatic carbocycles. The quantitative estimate of drug-likeness (QED) is 0.906. The summed E-state index contributed by atoms with van der Waals surface area (Å²) in [5.74, 6) is 1.52. The van der Waals surface area contributed by atoms with Gasteiger partial charge in [0.25, 0.3) is 0 Å². The molecule has 1 aliphatic heterocycles. The second-order valence-corrected chi connectivity index (χ2v) is 6.41. The highest BCUT2D eigenvalue weighted by Gasteiger charge is 2.38. The molecule has 2 fully saturated rings. The van der Waals surface area contributed by atoms with Gasteiger partial charge in [0, 0.05) is 38.1 Å². The van der Waals surface area contributed by atoms with Crippen LogP contribution < -0.4 is 5.73 Å². The summed E-state index contributed by atoms with van der Waals surface area (Å²) < 4.78 is 2.10.